The molecule has 0 spiro atoms. The number of nitrogens with zero attached hydrogens (tertiary/aromatic N) is 3. The Morgan fingerprint density at radius 2 is 2.21 bits per heavy atom. The second kappa shape index (κ2) is 4.39. The van der Waals surface area contributed by atoms with Gasteiger partial charge in [-0.05, 0) is 13.0 Å². The van der Waals surface area contributed by atoms with Crippen LogP contribution in [-0.4, -0.2) is 34.1 Å². The summed E-state index contributed by atoms with van der Waals surface area (Å²) in [6, 6.07) is 1.18. The fourth-order valence-corrected chi connectivity index (χ4v) is 2.51. The van der Waals surface area contributed by atoms with Crippen LogP contribution in [0.3, 0.4) is 0 Å². The first-order chi connectivity index (χ1) is 8.79. The van der Waals surface area contributed by atoms with Crippen molar-refractivity contribution in [3.63, 3.8) is 0 Å². The molecule has 9 nitrogen and oxygen atoms in total. The molecule has 2 aromatic heterocycles. The molecular formula is C9H12N6O3S. The van der Waals surface area contributed by atoms with Crippen LogP contribution in [0.2, 0.25) is 0 Å². The lowest BCUT2D eigenvalue weighted by Gasteiger charge is -2.00. The minimum Gasteiger partial charge on any atom is -0.364 e. The van der Waals surface area contributed by atoms with Gasteiger partial charge in [0.25, 0.3) is 21.9 Å². The molecule has 1 amide bonds. The number of sulfonamides is 1. The summed E-state index contributed by atoms with van der Waals surface area (Å²) in [5.41, 5.74) is 5.21. The van der Waals surface area contributed by atoms with E-state index in [1.54, 1.807) is 6.92 Å². The number of anilines is 1. The molecule has 0 saturated heterocycles. The third-order valence-corrected chi connectivity index (χ3v) is 3.66. The Morgan fingerprint density at radius 1 is 1.53 bits per heavy atom. The molecular weight excluding hydrogens is 272 g/mol. The van der Waals surface area contributed by atoms with Gasteiger partial charge in [-0.2, -0.15) is 4.98 Å². The minimum absolute atomic E-state index is 0.0676. The molecule has 102 valence electrons. The van der Waals surface area contributed by atoms with E-state index >= 15 is 0 Å². The number of rotatable bonds is 4. The van der Waals surface area contributed by atoms with Crippen molar-refractivity contribution in [2.45, 2.75) is 11.8 Å². The van der Waals surface area contributed by atoms with Crippen molar-refractivity contribution in [3.05, 3.63) is 23.8 Å². The molecule has 0 aliphatic heterocycles. The molecule has 0 unspecified atom stereocenters. The Hall–Kier alpha value is -2.36. The Bertz CT molecular complexity index is 729. The van der Waals surface area contributed by atoms with Gasteiger partial charge in [0.2, 0.25) is 0 Å². The fourth-order valence-electron chi connectivity index (χ4n) is 1.49. The van der Waals surface area contributed by atoms with E-state index in [1.807, 2.05) is 0 Å². The summed E-state index contributed by atoms with van der Waals surface area (Å²) in [7, 11) is -2.33. The van der Waals surface area contributed by atoms with Crippen LogP contribution in [0.15, 0.2) is 17.2 Å². The van der Waals surface area contributed by atoms with Gasteiger partial charge in [0, 0.05) is 13.2 Å². The van der Waals surface area contributed by atoms with Crippen LogP contribution in [0.4, 0.5) is 5.95 Å². The van der Waals surface area contributed by atoms with Crippen molar-refractivity contribution in [2.75, 3.05) is 4.72 Å². The Labute approximate surface area is 108 Å². The molecule has 0 aromatic carbocycles. The second-order valence-electron chi connectivity index (χ2n) is 3.89. The smallest absolute Gasteiger partial charge is 0.265 e. The van der Waals surface area contributed by atoms with Crippen LogP contribution in [0.5, 0.6) is 0 Å². The van der Waals surface area contributed by atoms with E-state index in [2.05, 4.69) is 19.9 Å². The number of aromatic nitrogens is 4. The Kier molecular flexibility index (Phi) is 3.02. The number of aryl methyl sites for hydroxylation is 2. The van der Waals surface area contributed by atoms with Crippen LogP contribution >= 0.6 is 0 Å². The van der Waals surface area contributed by atoms with Crippen LogP contribution in [-0.2, 0) is 17.1 Å². The van der Waals surface area contributed by atoms with Crippen LogP contribution in [0.1, 0.15) is 16.3 Å². The molecule has 19 heavy (non-hydrogen) atoms. The molecule has 0 saturated carbocycles. The SMILES string of the molecule is Cc1nc(NS(=O)(=O)c2cc(C(N)=O)n(C)c2)n[nH]1. The maximum atomic E-state index is 12.0. The summed E-state index contributed by atoms with van der Waals surface area (Å²) < 4.78 is 27.6. The quantitative estimate of drug-likeness (QED) is 0.685. The van der Waals surface area contributed by atoms with Crippen molar-refractivity contribution in [2.24, 2.45) is 12.8 Å². The summed E-state index contributed by atoms with van der Waals surface area (Å²) in [6.07, 6.45) is 1.28. The van der Waals surface area contributed by atoms with E-state index in [1.165, 1.54) is 23.9 Å². The van der Waals surface area contributed by atoms with Crippen molar-refractivity contribution >= 4 is 21.9 Å². The highest BCUT2D eigenvalue weighted by molar-refractivity contribution is 7.92. The maximum absolute atomic E-state index is 12.0. The number of H-pyrrole nitrogens is 1. The Balaban J connectivity index is 2.34. The van der Waals surface area contributed by atoms with E-state index in [0.29, 0.717) is 5.82 Å². The number of carbonyl (C=O) groups excluding carboxylic acids is 1. The summed E-state index contributed by atoms with van der Waals surface area (Å²) in [5.74, 6) is -0.303. The monoisotopic (exact) mass is 284 g/mol. The van der Waals surface area contributed by atoms with Crippen molar-refractivity contribution in [1.82, 2.24) is 19.7 Å². The standard InChI is InChI=1S/C9H12N6O3S/c1-5-11-9(13-12-5)14-19(17,18)6-3-7(8(10)16)15(2)4-6/h3-4H,1-2H3,(H2,10,16)(H2,11,12,13,14). The molecule has 2 aromatic rings. The number of hydrogen-bond acceptors (Lipinski definition) is 5. The third-order valence-electron chi connectivity index (χ3n) is 2.37. The summed E-state index contributed by atoms with van der Waals surface area (Å²) in [6.45, 7) is 1.64. The van der Waals surface area contributed by atoms with Gasteiger partial charge in [-0.3, -0.25) is 9.89 Å². The number of primary amides is 1. The van der Waals surface area contributed by atoms with Crippen molar-refractivity contribution < 1.29 is 13.2 Å². The Morgan fingerprint density at radius 3 is 2.68 bits per heavy atom. The third kappa shape index (κ3) is 2.57. The van der Waals surface area contributed by atoms with Gasteiger partial charge in [-0.1, -0.05) is 0 Å². The van der Waals surface area contributed by atoms with Crippen LogP contribution in [0.25, 0.3) is 0 Å². The molecule has 0 bridgehead atoms. The summed E-state index contributed by atoms with van der Waals surface area (Å²) >= 11 is 0. The lowest BCUT2D eigenvalue weighted by atomic mass is 10.4. The van der Waals surface area contributed by atoms with E-state index in [-0.39, 0.29) is 16.5 Å². The molecule has 2 rings (SSSR count). The average Bonchev–Trinajstić information content (AvgIpc) is 2.84. The van der Waals surface area contributed by atoms with E-state index in [0.717, 1.165) is 0 Å². The minimum atomic E-state index is -3.86. The number of carbonyl (C=O) groups is 1. The zero-order valence-corrected chi connectivity index (χ0v) is 11.0. The van der Waals surface area contributed by atoms with Gasteiger partial charge in [-0.25, -0.2) is 13.1 Å². The highest BCUT2D eigenvalue weighted by Gasteiger charge is 2.20. The zero-order valence-electron chi connectivity index (χ0n) is 10.2. The molecule has 4 N–H and O–H groups in total. The van der Waals surface area contributed by atoms with Gasteiger partial charge in [-0.15, -0.1) is 5.10 Å². The first-order valence-electron chi connectivity index (χ1n) is 5.17. The average molecular weight is 284 g/mol. The van der Waals surface area contributed by atoms with E-state index < -0.39 is 15.9 Å². The molecule has 0 aliphatic carbocycles. The summed E-state index contributed by atoms with van der Waals surface area (Å²) in [5, 5.41) is 6.18. The number of aromatic amines is 1. The topological polar surface area (TPSA) is 136 Å². The lowest BCUT2D eigenvalue weighted by Crippen LogP contribution is -2.14. The van der Waals surface area contributed by atoms with Crippen LogP contribution < -0.4 is 10.5 Å². The van der Waals surface area contributed by atoms with Gasteiger partial charge in [0.15, 0.2) is 0 Å². The van der Waals surface area contributed by atoms with Gasteiger partial charge >= 0.3 is 0 Å². The molecule has 0 aliphatic rings. The lowest BCUT2D eigenvalue weighted by molar-refractivity contribution is 0.0992. The van der Waals surface area contributed by atoms with E-state index in [4.69, 9.17) is 5.73 Å². The fraction of sp³-hybridized carbons (Fsp3) is 0.222. The number of hydrogen-bond donors (Lipinski definition) is 3. The van der Waals surface area contributed by atoms with Gasteiger partial charge in [0.1, 0.15) is 16.4 Å². The highest BCUT2D eigenvalue weighted by Crippen LogP contribution is 2.15. The largest absolute Gasteiger partial charge is 0.364 e. The van der Waals surface area contributed by atoms with Gasteiger partial charge < -0.3 is 10.3 Å². The van der Waals surface area contributed by atoms with E-state index in [9.17, 15) is 13.2 Å². The highest BCUT2D eigenvalue weighted by atomic mass is 32.2. The first kappa shape index (κ1) is 13.1. The number of nitrogens with one attached hydrogen (secondary N) is 2. The maximum Gasteiger partial charge on any atom is 0.265 e. The van der Waals surface area contributed by atoms with Crippen molar-refractivity contribution in [3.8, 4) is 0 Å². The number of nitrogens with two attached hydrogens (primary N) is 1. The molecule has 0 fully saturated rings. The van der Waals surface area contributed by atoms with Crippen LogP contribution in [0, 0.1) is 6.92 Å². The molecule has 2 heterocycles. The van der Waals surface area contributed by atoms with Gasteiger partial charge in [0.05, 0.1) is 0 Å². The van der Waals surface area contributed by atoms with Crippen molar-refractivity contribution in [1.29, 1.82) is 0 Å². The summed E-state index contributed by atoms with van der Waals surface area (Å²) in [4.78, 5) is 14.8. The number of amides is 1. The predicted octanol–water partition coefficient (Wildman–Crippen LogP) is -0.649. The first-order valence-corrected chi connectivity index (χ1v) is 6.66. The zero-order chi connectivity index (χ0) is 14.2. The second-order valence-corrected chi connectivity index (χ2v) is 5.57. The molecule has 0 atom stereocenters. The molecule has 10 heteroatoms. The predicted molar refractivity (Wildman–Crippen MR) is 65.9 cm³/mol. The normalized spacial score (nSPS) is 11.5. The molecule has 0 radical (unpaired) electrons.